The Hall–Kier alpha value is -1.91. The molecule has 0 spiro atoms. The van der Waals surface area contributed by atoms with Gasteiger partial charge < -0.3 is 9.15 Å². The third-order valence-corrected chi connectivity index (χ3v) is 2.19. The minimum Gasteiger partial charge on any atom is -0.472 e. The van der Waals surface area contributed by atoms with Crippen molar-refractivity contribution < 1.29 is 22.3 Å². The Morgan fingerprint density at radius 2 is 1.94 bits per heavy atom. The molecule has 0 radical (unpaired) electrons. The molecular formula is C12H9F3O2. The minimum atomic E-state index is -4.70. The molecule has 1 heterocycles. The molecule has 0 amide bonds. The van der Waals surface area contributed by atoms with E-state index in [0.29, 0.717) is 11.1 Å². The van der Waals surface area contributed by atoms with Crippen LogP contribution >= 0.6 is 0 Å². The molecule has 0 N–H and O–H groups in total. The van der Waals surface area contributed by atoms with E-state index in [-0.39, 0.29) is 5.75 Å². The van der Waals surface area contributed by atoms with Crippen molar-refractivity contribution in [3.05, 3.63) is 42.4 Å². The highest BCUT2D eigenvalue weighted by Crippen LogP contribution is 2.34. The van der Waals surface area contributed by atoms with Crippen LogP contribution in [0.4, 0.5) is 13.2 Å². The Bertz CT molecular complexity index is 501. The summed E-state index contributed by atoms with van der Waals surface area (Å²) < 4.78 is 45.5. The summed E-state index contributed by atoms with van der Waals surface area (Å²) in [5, 5.41) is 0. The standard InChI is InChI=1S/C12H9F3O2/c1-8-2-3-11(17-12(13,14)15)10(6-8)9-4-5-16-7-9/h2-7H,1H3. The van der Waals surface area contributed by atoms with Gasteiger partial charge >= 0.3 is 6.36 Å². The highest BCUT2D eigenvalue weighted by atomic mass is 19.4. The van der Waals surface area contributed by atoms with Crippen LogP contribution in [0.1, 0.15) is 5.56 Å². The van der Waals surface area contributed by atoms with E-state index in [9.17, 15) is 13.2 Å². The molecule has 0 atom stereocenters. The zero-order valence-electron chi connectivity index (χ0n) is 8.91. The Balaban J connectivity index is 2.45. The zero-order valence-corrected chi connectivity index (χ0v) is 8.91. The summed E-state index contributed by atoms with van der Waals surface area (Å²) in [5.41, 5.74) is 1.75. The third-order valence-electron chi connectivity index (χ3n) is 2.19. The minimum absolute atomic E-state index is 0.232. The highest BCUT2D eigenvalue weighted by Gasteiger charge is 2.32. The van der Waals surface area contributed by atoms with Gasteiger partial charge in [0.1, 0.15) is 5.75 Å². The maximum Gasteiger partial charge on any atom is 0.573 e. The number of furan rings is 1. The lowest BCUT2D eigenvalue weighted by molar-refractivity contribution is -0.274. The molecule has 0 bridgehead atoms. The van der Waals surface area contributed by atoms with Crippen LogP contribution < -0.4 is 4.74 Å². The Labute approximate surface area is 95.6 Å². The van der Waals surface area contributed by atoms with Crippen molar-refractivity contribution in [3.63, 3.8) is 0 Å². The fraction of sp³-hybridized carbons (Fsp3) is 0.167. The van der Waals surface area contributed by atoms with Gasteiger partial charge in [-0.3, -0.25) is 0 Å². The first-order valence-electron chi connectivity index (χ1n) is 4.85. The first-order chi connectivity index (χ1) is 7.96. The summed E-state index contributed by atoms with van der Waals surface area (Å²) in [7, 11) is 0. The fourth-order valence-electron chi connectivity index (χ4n) is 1.50. The number of rotatable bonds is 2. The van der Waals surface area contributed by atoms with Crippen molar-refractivity contribution >= 4 is 0 Å². The second kappa shape index (κ2) is 4.16. The normalized spacial score (nSPS) is 11.5. The van der Waals surface area contributed by atoms with Crippen LogP contribution in [-0.4, -0.2) is 6.36 Å². The molecule has 0 fully saturated rings. The van der Waals surface area contributed by atoms with E-state index < -0.39 is 6.36 Å². The number of hydrogen-bond acceptors (Lipinski definition) is 2. The molecule has 0 saturated carbocycles. The molecule has 17 heavy (non-hydrogen) atoms. The first-order valence-corrected chi connectivity index (χ1v) is 4.85. The van der Waals surface area contributed by atoms with Gasteiger partial charge in [0.15, 0.2) is 0 Å². The number of aryl methyl sites for hydroxylation is 1. The number of halogens is 3. The molecule has 2 aromatic rings. The summed E-state index contributed by atoms with van der Waals surface area (Å²) in [6, 6.07) is 6.06. The molecule has 1 aromatic carbocycles. The average molecular weight is 242 g/mol. The summed E-state index contributed by atoms with van der Waals surface area (Å²) in [4.78, 5) is 0. The van der Waals surface area contributed by atoms with E-state index in [1.54, 1.807) is 25.1 Å². The molecule has 0 saturated heterocycles. The fourth-order valence-corrected chi connectivity index (χ4v) is 1.50. The van der Waals surface area contributed by atoms with Crippen LogP contribution in [0.5, 0.6) is 5.75 Å². The second-order valence-electron chi connectivity index (χ2n) is 3.56. The molecule has 0 aliphatic heterocycles. The van der Waals surface area contributed by atoms with Gasteiger partial charge in [-0.25, -0.2) is 0 Å². The molecule has 0 aliphatic rings. The van der Waals surface area contributed by atoms with Crippen molar-refractivity contribution in [2.75, 3.05) is 0 Å². The SMILES string of the molecule is Cc1ccc(OC(F)(F)F)c(-c2ccoc2)c1. The van der Waals surface area contributed by atoms with E-state index in [0.717, 1.165) is 5.56 Å². The van der Waals surface area contributed by atoms with Crippen LogP contribution in [0.25, 0.3) is 11.1 Å². The van der Waals surface area contributed by atoms with E-state index in [1.165, 1.54) is 18.6 Å². The summed E-state index contributed by atoms with van der Waals surface area (Å²) in [5.74, 6) is -0.232. The predicted molar refractivity (Wildman–Crippen MR) is 55.6 cm³/mol. The van der Waals surface area contributed by atoms with Crippen LogP contribution in [0.15, 0.2) is 41.2 Å². The lowest BCUT2D eigenvalue weighted by Gasteiger charge is -2.12. The number of alkyl halides is 3. The largest absolute Gasteiger partial charge is 0.573 e. The molecule has 0 unspecified atom stereocenters. The summed E-state index contributed by atoms with van der Waals surface area (Å²) in [6.45, 7) is 1.79. The van der Waals surface area contributed by atoms with E-state index in [2.05, 4.69) is 4.74 Å². The smallest absolute Gasteiger partial charge is 0.472 e. The van der Waals surface area contributed by atoms with Gasteiger partial charge in [0.05, 0.1) is 12.5 Å². The van der Waals surface area contributed by atoms with Gasteiger partial charge in [-0.15, -0.1) is 13.2 Å². The van der Waals surface area contributed by atoms with Crippen LogP contribution in [0.3, 0.4) is 0 Å². The van der Waals surface area contributed by atoms with Gasteiger partial charge in [-0.05, 0) is 25.1 Å². The van der Waals surface area contributed by atoms with Crippen molar-refractivity contribution in [2.24, 2.45) is 0 Å². The highest BCUT2D eigenvalue weighted by molar-refractivity contribution is 5.70. The van der Waals surface area contributed by atoms with Crippen LogP contribution in [-0.2, 0) is 0 Å². The zero-order chi connectivity index (χ0) is 12.5. The Kier molecular flexibility index (Phi) is 2.83. The van der Waals surface area contributed by atoms with Crippen molar-refractivity contribution in [1.29, 1.82) is 0 Å². The number of ether oxygens (including phenoxy) is 1. The van der Waals surface area contributed by atoms with E-state index in [4.69, 9.17) is 4.42 Å². The molecule has 2 nitrogen and oxygen atoms in total. The first kappa shape index (κ1) is 11.6. The van der Waals surface area contributed by atoms with Crippen molar-refractivity contribution in [1.82, 2.24) is 0 Å². The number of hydrogen-bond donors (Lipinski definition) is 0. The van der Waals surface area contributed by atoms with Gasteiger partial charge in [-0.1, -0.05) is 11.6 Å². The quantitative estimate of drug-likeness (QED) is 0.789. The van der Waals surface area contributed by atoms with E-state index in [1.807, 2.05) is 0 Å². The van der Waals surface area contributed by atoms with E-state index >= 15 is 0 Å². The maximum atomic E-state index is 12.2. The van der Waals surface area contributed by atoms with Crippen LogP contribution in [0.2, 0.25) is 0 Å². The molecule has 90 valence electrons. The lowest BCUT2D eigenvalue weighted by atomic mass is 10.1. The predicted octanol–water partition coefficient (Wildman–Crippen LogP) is 4.15. The molecule has 5 heteroatoms. The van der Waals surface area contributed by atoms with Gasteiger partial charge in [0, 0.05) is 11.1 Å². The summed E-state index contributed by atoms with van der Waals surface area (Å²) >= 11 is 0. The Morgan fingerprint density at radius 1 is 1.18 bits per heavy atom. The second-order valence-corrected chi connectivity index (χ2v) is 3.56. The van der Waals surface area contributed by atoms with Gasteiger partial charge in [0.25, 0.3) is 0 Å². The lowest BCUT2D eigenvalue weighted by Crippen LogP contribution is -2.17. The van der Waals surface area contributed by atoms with Gasteiger partial charge in [0.2, 0.25) is 0 Å². The molecule has 1 aromatic heterocycles. The topological polar surface area (TPSA) is 22.4 Å². The number of benzene rings is 1. The monoisotopic (exact) mass is 242 g/mol. The molecule has 2 rings (SSSR count). The van der Waals surface area contributed by atoms with Crippen molar-refractivity contribution in [2.45, 2.75) is 13.3 Å². The third kappa shape index (κ3) is 2.81. The maximum absolute atomic E-state index is 12.2. The average Bonchev–Trinajstić information content (AvgIpc) is 2.71. The van der Waals surface area contributed by atoms with Gasteiger partial charge in [-0.2, -0.15) is 0 Å². The van der Waals surface area contributed by atoms with Crippen LogP contribution in [0, 0.1) is 6.92 Å². The molecular weight excluding hydrogens is 233 g/mol. The van der Waals surface area contributed by atoms with Crippen molar-refractivity contribution in [3.8, 4) is 16.9 Å². The Morgan fingerprint density at radius 3 is 2.53 bits per heavy atom. The summed E-state index contributed by atoms with van der Waals surface area (Å²) in [6.07, 6.45) is -1.93. The molecule has 0 aliphatic carbocycles.